The third-order valence-corrected chi connectivity index (χ3v) is 18.2. The van der Waals surface area contributed by atoms with Gasteiger partial charge in [-0.15, -0.1) is 0 Å². The van der Waals surface area contributed by atoms with Gasteiger partial charge in [-0.2, -0.15) is 0 Å². The van der Waals surface area contributed by atoms with Crippen LogP contribution in [0.4, 0.5) is 0 Å². The highest BCUT2D eigenvalue weighted by atomic mass is 15.3. The van der Waals surface area contributed by atoms with E-state index in [0.717, 1.165) is 39.3 Å². The van der Waals surface area contributed by atoms with Crippen LogP contribution in [0.2, 0.25) is 0 Å². The standard InChI is InChI=1S/C13H25N.C11H19N.2C11H21N.C10H19N.C9H17N.C7H15N.2CH4/c1-10-8-9-14(13(5,6)7)11(10)12(2,3)4;1-9-7-12(10(2,3)4)8-11(9)5-6-11;1-9-7-12(10(2,3)4)8-11(9,5)6;1-10-7-5-6-8-12(9-10)11(2,3)4;1-9-6-5-7-11(8-9)10(2,3)4;1-8-5-6-10(7-8)9(2,3)4;1-7(2,3)8-5-4-6-8;;/h11H,1,8-9H2,2-7H3;1,5-8H2,2-4H3;1,7-8H2,2-6H3;1,5-9H2,2-4H3;1,5-8H2,2-4H3;1,5-7H2,2-4H3;4-6H2,1-3H3;2*1H4. The van der Waals surface area contributed by atoms with E-state index in [1.807, 2.05) is 0 Å². The summed E-state index contributed by atoms with van der Waals surface area (Å²) in [7, 11) is 0. The average Bonchev–Trinajstić information content (AvgIpc) is 3.39. The van der Waals surface area contributed by atoms with E-state index < -0.39 is 0 Å². The van der Waals surface area contributed by atoms with Crippen LogP contribution in [-0.2, 0) is 0 Å². The second-order valence-electron chi connectivity index (χ2n) is 34.3. The molecule has 8 fully saturated rings. The summed E-state index contributed by atoms with van der Waals surface area (Å²) < 4.78 is 0. The molecule has 7 nitrogen and oxygen atoms in total. The quantitative estimate of drug-likeness (QED) is 0.223. The first-order chi connectivity index (χ1) is 35.4. The van der Waals surface area contributed by atoms with Crippen LogP contribution >= 0.6 is 0 Å². The van der Waals surface area contributed by atoms with E-state index in [0.29, 0.717) is 50.0 Å². The Morgan fingerprint density at radius 2 is 0.704 bits per heavy atom. The molecule has 7 heteroatoms. The maximum absolute atomic E-state index is 4.22. The molecule has 1 saturated carbocycles. The normalized spacial score (nSPS) is 23.7. The van der Waals surface area contributed by atoms with Crippen LogP contribution in [0, 0.1) is 16.2 Å². The van der Waals surface area contributed by atoms with Gasteiger partial charge in [0.2, 0.25) is 0 Å². The highest BCUT2D eigenvalue weighted by Gasteiger charge is 2.52. The molecule has 476 valence electrons. The molecule has 0 N–H and O–H groups in total. The minimum atomic E-state index is 0. The monoisotopic (exact) mass is 1130 g/mol. The minimum Gasteiger partial charge on any atom is -0.298 e. The summed E-state index contributed by atoms with van der Waals surface area (Å²) in [6.45, 7) is 99.3. The number of rotatable bonds is 0. The highest BCUT2D eigenvalue weighted by molar-refractivity contribution is 5.27. The first kappa shape index (κ1) is 79.2. The molecule has 1 unspecified atom stereocenters. The predicted molar refractivity (Wildman–Crippen MR) is 368 cm³/mol. The third kappa shape index (κ3) is 26.8. The molecule has 0 aromatic rings. The van der Waals surface area contributed by atoms with E-state index in [9.17, 15) is 0 Å². The van der Waals surface area contributed by atoms with E-state index in [1.165, 1.54) is 143 Å². The Hall–Kier alpha value is -1.84. The van der Waals surface area contributed by atoms with E-state index >= 15 is 0 Å². The molecule has 8 aliphatic rings. The second-order valence-corrected chi connectivity index (χ2v) is 34.3. The summed E-state index contributed by atoms with van der Waals surface area (Å²) in [5.41, 5.74) is 11.9. The van der Waals surface area contributed by atoms with Gasteiger partial charge < -0.3 is 0 Å². The fraction of sp³-hybridized carbons (Fsp3) is 0.838. The van der Waals surface area contributed by atoms with Crippen LogP contribution in [0.1, 0.15) is 259 Å². The summed E-state index contributed by atoms with van der Waals surface area (Å²) in [6.07, 6.45) is 12.9. The fourth-order valence-electron chi connectivity index (χ4n) is 11.7. The lowest BCUT2D eigenvalue weighted by molar-refractivity contribution is 0.0690. The van der Waals surface area contributed by atoms with Crippen LogP contribution < -0.4 is 0 Å². The van der Waals surface area contributed by atoms with Crippen LogP contribution in [0.25, 0.3) is 0 Å². The summed E-state index contributed by atoms with van der Waals surface area (Å²) >= 11 is 0. The molecule has 8 rings (SSSR count). The molecule has 1 spiro atoms. The maximum Gasteiger partial charge on any atom is 0.0359 e. The molecular formula is C74H145N7. The minimum absolute atomic E-state index is 0. The molecule has 0 amide bonds. The van der Waals surface area contributed by atoms with E-state index in [1.54, 1.807) is 0 Å². The number of nitrogens with zero attached hydrogens (tertiary/aromatic N) is 7. The Balaban J connectivity index is 0.000000922. The molecule has 1 aliphatic carbocycles. The van der Waals surface area contributed by atoms with Crippen molar-refractivity contribution in [2.45, 2.75) is 304 Å². The molecule has 7 aliphatic heterocycles. The molecule has 0 aromatic heterocycles. The number of hydrogen-bond acceptors (Lipinski definition) is 7. The number of likely N-dealkylation sites (tertiary alicyclic amines) is 7. The Morgan fingerprint density at radius 3 is 0.951 bits per heavy atom. The van der Waals surface area contributed by atoms with Gasteiger partial charge in [0.1, 0.15) is 0 Å². The zero-order chi connectivity index (χ0) is 61.3. The zero-order valence-corrected chi connectivity index (χ0v) is 58.2. The predicted octanol–water partition coefficient (Wildman–Crippen LogP) is 18.7. The van der Waals surface area contributed by atoms with Crippen molar-refractivity contribution in [1.82, 2.24) is 34.3 Å². The molecule has 0 aromatic carbocycles. The second kappa shape index (κ2) is 30.7. The van der Waals surface area contributed by atoms with Crippen molar-refractivity contribution in [2.75, 3.05) is 85.1 Å². The van der Waals surface area contributed by atoms with Gasteiger partial charge in [0.15, 0.2) is 0 Å². The van der Waals surface area contributed by atoms with Gasteiger partial charge >= 0.3 is 0 Å². The summed E-state index contributed by atoms with van der Waals surface area (Å²) in [5.74, 6) is 0. The maximum atomic E-state index is 4.22. The fourth-order valence-corrected chi connectivity index (χ4v) is 11.7. The Labute approximate surface area is 510 Å². The Bertz CT molecular complexity index is 1910. The molecule has 0 radical (unpaired) electrons. The van der Waals surface area contributed by atoms with Crippen molar-refractivity contribution in [3.8, 4) is 0 Å². The van der Waals surface area contributed by atoms with Crippen molar-refractivity contribution < 1.29 is 0 Å². The summed E-state index contributed by atoms with van der Waals surface area (Å²) in [4.78, 5) is 17.6. The largest absolute Gasteiger partial charge is 0.298 e. The number of piperidine rings is 1. The topological polar surface area (TPSA) is 22.7 Å². The van der Waals surface area contributed by atoms with Crippen molar-refractivity contribution in [3.05, 3.63) is 72.9 Å². The van der Waals surface area contributed by atoms with Crippen LogP contribution in [0.5, 0.6) is 0 Å². The lowest BCUT2D eigenvalue weighted by atomic mass is 9.82. The smallest absolute Gasteiger partial charge is 0.0359 e. The van der Waals surface area contributed by atoms with E-state index in [4.69, 9.17) is 0 Å². The van der Waals surface area contributed by atoms with Crippen LogP contribution in [-0.4, -0.2) is 164 Å². The lowest BCUT2D eigenvalue weighted by Crippen LogP contribution is -2.49. The van der Waals surface area contributed by atoms with E-state index in [-0.39, 0.29) is 25.9 Å². The first-order valence-corrected chi connectivity index (χ1v) is 31.7. The van der Waals surface area contributed by atoms with Crippen molar-refractivity contribution >= 4 is 0 Å². The van der Waals surface area contributed by atoms with Gasteiger partial charge in [-0.1, -0.05) is 122 Å². The van der Waals surface area contributed by atoms with E-state index in [2.05, 4.69) is 254 Å². The van der Waals surface area contributed by atoms with Crippen LogP contribution in [0.3, 0.4) is 0 Å². The van der Waals surface area contributed by atoms with Gasteiger partial charge in [0.25, 0.3) is 0 Å². The lowest BCUT2D eigenvalue weighted by Gasteiger charge is -2.43. The SMILES string of the molecule is C.C.C=C1CCCCN(C(C)(C)C)C1.C=C1CCCN(C(C)(C)C)C1.C=C1CCN(C(C)(C)C)C1.C=C1CCN(C(C)(C)C)C1C(C)(C)C.C=C1CN(C(C)(C)C)CC1(C)C.C=C1CN(C(C)(C)C)CC12CC2.CC(C)(C)N1CCC1. The molecular weight excluding hydrogens is 987 g/mol. The summed E-state index contributed by atoms with van der Waals surface area (Å²) in [6, 6.07) is 0.544. The van der Waals surface area contributed by atoms with Crippen molar-refractivity contribution in [1.29, 1.82) is 0 Å². The summed E-state index contributed by atoms with van der Waals surface area (Å²) in [5, 5.41) is 0. The average molecular weight is 1130 g/mol. The molecule has 7 heterocycles. The molecule has 1 atom stereocenters. The molecule has 0 bridgehead atoms. The van der Waals surface area contributed by atoms with Gasteiger partial charge in [-0.3, -0.25) is 34.3 Å². The molecule has 7 saturated heterocycles. The Morgan fingerprint density at radius 1 is 0.346 bits per heavy atom. The van der Waals surface area contributed by atoms with Gasteiger partial charge in [0.05, 0.1) is 0 Å². The Kier molecular flexibility index (Phi) is 30.0. The van der Waals surface area contributed by atoms with Gasteiger partial charge in [-0.25, -0.2) is 0 Å². The van der Waals surface area contributed by atoms with Crippen molar-refractivity contribution in [2.24, 2.45) is 16.2 Å². The molecule has 81 heavy (non-hydrogen) atoms. The van der Waals surface area contributed by atoms with Crippen LogP contribution in [0.15, 0.2) is 72.9 Å². The third-order valence-electron chi connectivity index (χ3n) is 18.2. The zero-order valence-electron chi connectivity index (χ0n) is 58.2. The van der Waals surface area contributed by atoms with Crippen molar-refractivity contribution in [3.63, 3.8) is 0 Å². The first-order valence-electron chi connectivity index (χ1n) is 31.7. The van der Waals surface area contributed by atoms with Gasteiger partial charge in [-0.05, 0) is 247 Å². The number of hydrogen-bond donors (Lipinski definition) is 0. The van der Waals surface area contributed by atoms with Gasteiger partial charge in [0, 0.05) is 109 Å². The highest BCUT2D eigenvalue weighted by Crippen LogP contribution is 2.56.